The first-order valence-corrected chi connectivity index (χ1v) is 5.52. The van der Waals surface area contributed by atoms with Gasteiger partial charge in [-0.3, -0.25) is 14.4 Å². The smallest absolute Gasteiger partial charge is 0.303 e. The van der Waals surface area contributed by atoms with Gasteiger partial charge in [0.15, 0.2) is 24.1 Å². The van der Waals surface area contributed by atoms with Crippen molar-refractivity contribution in [2.24, 2.45) is 0 Å². The molecule has 0 aromatic carbocycles. The minimum atomic E-state index is -1.79. The molecule has 0 heterocycles. The molecule has 8 nitrogen and oxygen atoms in total. The molecular formula is C11H18O8. The summed E-state index contributed by atoms with van der Waals surface area (Å²) in [5.41, 5.74) is 0. The van der Waals surface area contributed by atoms with Crippen LogP contribution in [-0.4, -0.2) is 64.1 Å². The van der Waals surface area contributed by atoms with Crippen molar-refractivity contribution in [2.75, 3.05) is 6.61 Å². The highest BCUT2D eigenvalue weighted by molar-refractivity contribution is 5.81. The maximum absolute atomic E-state index is 11.1. The number of hydrogen-bond donors (Lipinski definition) is 3. The maximum Gasteiger partial charge on any atom is 0.303 e. The Kier molecular flexibility index (Phi) is 7.20. The molecule has 0 aliphatic carbocycles. The summed E-state index contributed by atoms with van der Waals surface area (Å²) in [5, 5.41) is 28.4. The fraction of sp³-hybridized carbons (Fsp3) is 0.727. The molecule has 110 valence electrons. The normalized spacial score (nSPS) is 16.9. The Bertz CT molecular complexity index is 340. The van der Waals surface area contributed by atoms with E-state index in [1.54, 1.807) is 0 Å². The average molecular weight is 278 g/mol. The Hall–Kier alpha value is -1.51. The van der Waals surface area contributed by atoms with E-state index in [2.05, 4.69) is 9.47 Å². The molecule has 0 aliphatic rings. The monoisotopic (exact) mass is 278 g/mol. The molecule has 0 aromatic rings. The summed E-state index contributed by atoms with van der Waals surface area (Å²) in [4.78, 5) is 32.8. The molecule has 0 fully saturated rings. The standard InChI is InChI=1S/C11H18O8/c1-5(13)9(16)11(19-7(3)15)10(17)8(4-12)18-6(2)14/h8-12,16-17H,4H2,1-3H3. The molecule has 0 bridgehead atoms. The Morgan fingerprint density at radius 3 is 1.79 bits per heavy atom. The first-order chi connectivity index (χ1) is 8.70. The predicted molar refractivity (Wildman–Crippen MR) is 60.9 cm³/mol. The molecule has 8 heteroatoms. The van der Waals surface area contributed by atoms with Crippen LogP contribution in [0.2, 0.25) is 0 Å². The van der Waals surface area contributed by atoms with Crippen LogP contribution in [0.15, 0.2) is 0 Å². The van der Waals surface area contributed by atoms with E-state index in [0.717, 1.165) is 20.8 Å². The maximum atomic E-state index is 11.1. The van der Waals surface area contributed by atoms with Gasteiger partial charge in [-0.25, -0.2) is 0 Å². The molecule has 3 N–H and O–H groups in total. The van der Waals surface area contributed by atoms with E-state index >= 15 is 0 Å². The van der Waals surface area contributed by atoms with Crippen LogP contribution >= 0.6 is 0 Å². The van der Waals surface area contributed by atoms with Gasteiger partial charge in [0.25, 0.3) is 0 Å². The van der Waals surface area contributed by atoms with Gasteiger partial charge in [-0.05, 0) is 6.92 Å². The number of hydrogen-bond acceptors (Lipinski definition) is 8. The van der Waals surface area contributed by atoms with Gasteiger partial charge in [0, 0.05) is 13.8 Å². The summed E-state index contributed by atoms with van der Waals surface area (Å²) in [6.45, 7) is 2.35. The topological polar surface area (TPSA) is 130 Å². The number of Topliss-reactive ketones (excluding diaryl/α,β-unsaturated/α-hetero) is 1. The Morgan fingerprint density at radius 2 is 1.47 bits per heavy atom. The van der Waals surface area contributed by atoms with E-state index in [1.807, 2.05) is 0 Å². The van der Waals surface area contributed by atoms with Crippen molar-refractivity contribution >= 4 is 17.7 Å². The summed E-state index contributed by atoms with van der Waals surface area (Å²) in [5.74, 6) is -2.37. The minimum Gasteiger partial charge on any atom is -0.457 e. The van der Waals surface area contributed by atoms with E-state index < -0.39 is 48.7 Å². The molecule has 4 atom stereocenters. The number of carbonyl (C=O) groups is 3. The summed E-state index contributed by atoms with van der Waals surface area (Å²) in [6, 6.07) is 0. The van der Waals surface area contributed by atoms with Crippen molar-refractivity contribution in [1.29, 1.82) is 0 Å². The van der Waals surface area contributed by atoms with E-state index in [0.29, 0.717) is 0 Å². The summed E-state index contributed by atoms with van der Waals surface area (Å²) >= 11 is 0. The minimum absolute atomic E-state index is 0.746. The van der Waals surface area contributed by atoms with Gasteiger partial charge in [-0.1, -0.05) is 0 Å². The number of rotatable bonds is 7. The third-order valence-corrected chi connectivity index (χ3v) is 2.24. The first-order valence-electron chi connectivity index (χ1n) is 5.52. The van der Waals surface area contributed by atoms with Crippen LogP contribution in [0.25, 0.3) is 0 Å². The number of esters is 2. The second-order valence-corrected chi connectivity index (χ2v) is 3.95. The molecule has 0 aliphatic heterocycles. The van der Waals surface area contributed by atoms with Gasteiger partial charge in [-0.2, -0.15) is 0 Å². The van der Waals surface area contributed by atoms with E-state index in [-0.39, 0.29) is 0 Å². The van der Waals surface area contributed by atoms with Gasteiger partial charge in [0.2, 0.25) is 0 Å². The van der Waals surface area contributed by atoms with Gasteiger partial charge in [0.05, 0.1) is 6.61 Å². The third kappa shape index (κ3) is 5.77. The molecule has 0 radical (unpaired) electrons. The Morgan fingerprint density at radius 1 is 1.00 bits per heavy atom. The average Bonchev–Trinajstić information content (AvgIpc) is 2.30. The lowest BCUT2D eigenvalue weighted by Gasteiger charge is -2.29. The highest BCUT2D eigenvalue weighted by Crippen LogP contribution is 2.13. The SMILES string of the molecule is CC(=O)OC(CO)C(O)C(OC(C)=O)C(O)C(C)=O. The zero-order chi connectivity index (χ0) is 15.2. The van der Waals surface area contributed by atoms with Crippen LogP contribution in [-0.2, 0) is 23.9 Å². The second-order valence-electron chi connectivity index (χ2n) is 3.95. The molecule has 4 unspecified atom stereocenters. The van der Waals surface area contributed by atoms with E-state index in [9.17, 15) is 24.6 Å². The first kappa shape index (κ1) is 17.5. The van der Waals surface area contributed by atoms with Crippen LogP contribution in [0.5, 0.6) is 0 Å². The highest BCUT2D eigenvalue weighted by Gasteiger charge is 2.38. The number of ether oxygens (including phenoxy) is 2. The lowest BCUT2D eigenvalue weighted by atomic mass is 10.0. The van der Waals surface area contributed by atoms with Crippen LogP contribution in [0.4, 0.5) is 0 Å². The van der Waals surface area contributed by atoms with Crippen molar-refractivity contribution in [3.8, 4) is 0 Å². The molecule has 19 heavy (non-hydrogen) atoms. The predicted octanol–water partition coefficient (Wildman–Crippen LogP) is -1.85. The Balaban J connectivity index is 5.05. The fourth-order valence-electron chi connectivity index (χ4n) is 1.38. The van der Waals surface area contributed by atoms with Crippen molar-refractivity contribution in [1.82, 2.24) is 0 Å². The number of aliphatic hydroxyl groups is 3. The molecule has 0 spiro atoms. The second kappa shape index (κ2) is 7.82. The summed E-state index contributed by atoms with van der Waals surface area (Å²) in [7, 11) is 0. The molecular weight excluding hydrogens is 260 g/mol. The van der Waals surface area contributed by atoms with E-state index in [4.69, 9.17) is 5.11 Å². The highest BCUT2D eigenvalue weighted by atomic mass is 16.6. The van der Waals surface area contributed by atoms with Crippen LogP contribution < -0.4 is 0 Å². The van der Waals surface area contributed by atoms with Crippen molar-refractivity contribution in [2.45, 2.75) is 45.2 Å². The molecule has 0 amide bonds. The molecule has 0 aromatic heterocycles. The van der Waals surface area contributed by atoms with Gasteiger partial charge in [-0.15, -0.1) is 0 Å². The summed E-state index contributed by atoms with van der Waals surface area (Å²) in [6.07, 6.45) is -6.58. The summed E-state index contributed by atoms with van der Waals surface area (Å²) < 4.78 is 9.24. The Labute approximate surface area is 109 Å². The van der Waals surface area contributed by atoms with Crippen LogP contribution in [0.3, 0.4) is 0 Å². The number of ketones is 1. The lowest BCUT2D eigenvalue weighted by Crippen LogP contribution is -2.51. The number of aliphatic hydroxyl groups excluding tert-OH is 3. The molecule has 0 rings (SSSR count). The third-order valence-electron chi connectivity index (χ3n) is 2.24. The lowest BCUT2D eigenvalue weighted by molar-refractivity contribution is -0.182. The molecule has 0 saturated carbocycles. The largest absolute Gasteiger partial charge is 0.457 e. The van der Waals surface area contributed by atoms with E-state index in [1.165, 1.54) is 0 Å². The van der Waals surface area contributed by atoms with Crippen molar-refractivity contribution in [3.63, 3.8) is 0 Å². The fourth-order valence-corrected chi connectivity index (χ4v) is 1.38. The molecule has 0 saturated heterocycles. The zero-order valence-corrected chi connectivity index (χ0v) is 10.9. The quantitative estimate of drug-likeness (QED) is 0.463. The van der Waals surface area contributed by atoms with Crippen LogP contribution in [0.1, 0.15) is 20.8 Å². The number of carbonyl (C=O) groups excluding carboxylic acids is 3. The van der Waals surface area contributed by atoms with Gasteiger partial charge < -0.3 is 24.8 Å². The van der Waals surface area contributed by atoms with Crippen LogP contribution in [0, 0.1) is 0 Å². The van der Waals surface area contributed by atoms with Crippen molar-refractivity contribution < 1.29 is 39.2 Å². The van der Waals surface area contributed by atoms with Crippen molar-refractivity contribution in [3.05, 3.63) is 0 Å². The zero-order valence-electron chi connectivity index (χ0n) is 10.9. The van der Waals surface area contributed by atoms with Gasteiger partial charge >= 0.3 is 11.9 Å². The van der Waals surface area contributed by atoms with Gasteiger partial charge in [0.1, 0.15) is 6.10 Å².